The van der Waals surface area contributed by atoms with Crippen LogP contribution in [0.1, 0.15) is 57.6 Å². The molecule has 0 bridgehead atoms. The molecule has 0 radical (unpaired) electrons. The van der Waals surface area contributed by atoms with Crippen molar-refractivity contribution in [2.45, 2.75) is 64.6 Å². The molecule has 0 saturated heterocycles. The number of aromatic nitrogens is 1. The van der Waals surface area contributed by atoms with Gasteiger partial charge in [0.1, 0.15) is 0 Å². The lowest BCUT2D eigenvalue weighted by Gasteiger charge is -2.22. The average Bonchev–Trinajstić information content (AvgIpc) is 2.84. The van der Waals surface area contributed by atoms with Gasteiger partial charge in [-0.2, -0.15) is 0 Å². The summed E-state index contributed by atoms with van der Waals surface area (Å²) in [5.74, 6) is 0. The van der Waals surface area contributed by atoms with Crippen molar-refractivity contribution in [2.24, 2.45) is 0 Å². The van der Waals surface area contributed by atoms with E-state index in [0.717, 1.165) is 11.6 Å². The second kappa shape index (κ2) is 6.41. The van der Waals surface area contributed by atoms with Crippen LogP contribution in [0.5, 0.6) is 0 Å². The summed E-state index contributed by atoms with van der Waals surface area (Å²) in [6.07, 6.45) is 9.11. The number of nitrogens with one attached hydrogen (secondary N) is 1. The first kappa shape index (κ1) is 14.9. The Morgan fingerprint density at radius 3 is 2.71 bits per heavy atom. The maximum Gasteiger partial charge on any atom is 0.0501 e. The Morgan fingerprint density at radius 2 is 2.00 bits per heavy atom. The van der Waals surface area contributed by atoms with Crippen LogP contribution in [-0.4, -0.2) is 10.6 Å². The van der Waals surface area contributed by atoms with Crippen molar-refractivity contribution in [3.63, 3.8) is 0 Å². The molecule has 0 unspecified atom stereocenters. The molecule has 0 aliphatic heterocycles. The van der Waals surface area contributed by atoms with Gasteiger partial charge in [0.05, 0.1) is 5.52 Å². The fourth-order valence-corrected chi connectivity index (χ4v) is 3.59. The van der Waals surface area contributed by atoms with E-state index in [4.69, 9.17) is 11.6 Å². The number of rotatable bonds is 4. The molecule has 1 aliphatic rings. The van der Waals surface area contributed by atoms with Gasteiger partial charge in [-0.1, -0.05) is 36.9 Å². The van der Waals surface area contributed by atoms with Crippen LogP contribution in [0.4, 0.5) is 0 Å². The maximum atomic E-state index is 6.17. The van der Waals surface area contributed by atoms with Gasteiger partial charge in [-0.15, -0.1) is 0 Å². The van der Waals surface area contributed by atoms with Crippen molar-refractivity contribution in [2.75, 3.05) is 0 Å². The molecular weight excluding hydrogens is 280 g/mol. The first-order chi connectivity index (χ1) is 10.1. The Hall–Kier alpha value is -0.990. The van der Waals surface area contributed by atoms with Gasteiger partial charge in [0.2, 0.25) is 0 Å². The van der Waals surface area contributed by atoms with E-state index in [9.17, 15) is 0 Å². The van der Waals surface area contributed by atoms with Crippen LogP contribution in [-0.2, 0) is 6.54 Å². The molecule has 0 amide bonds. The number of hydrogen-bond donors (Lipinski definition) is 1. The fourth-order valence-electron chi connectivity index (χ4n) is 3.43. The van der Waals surface area contributed by atoms with Crippen molar-refractivity contribution in [3.8, 4) is 0 Å². The van der Waals surface area contributed by atoms with Gasteiger partial charge >= 0.3 is 0 Å². The zero-order chi connectivity index (χ0) is 14.8. The van der Waals surface area contributed by atoms with Gasteiger partial charge in [-0.05, 0) is 44.4 Å². The highest BCUT2D eigenvalue weighted by molar-refractivity contribution is 6.31. The van der Waals surface area contributed by atoms with Gasteiger partial charge in [0.25, 0.3) is 0 Å². The highest BCUT2D eigenvalue weighted by Gasteiger charge is 2.15. The molecule has 1 aromatic carbocycles. The first-order valence-electron chi connectivity index (χ1n) is 8.17. The summed E-state index contributed by atoms with van der Waals surface area (Å²) < 4.78 is 2.33. The maximum absolute atomic E-state index is 6.17. The van der Waals surface area contributed by atoms with Crippen molar-refractivity contribution < 1.29 is 0 Å². The number of nitrogens with zero attached hydrogens (tertiary/aromatic N) is 1. The van der Waals surface area contributed by atoms with Gasteiger partial charge < -0.3 is 9.88 Å². The molecule has 114 valence electrons. The molecule has 1 aromatic heterocycles. The number of benzene rings is 1. The molecule has 1 aliphatic carbocycles. The fraction of sp³-hybridized carbons (Fsp3) is 0.556. The van der Waals surface area contributed by atoms with Crippen LogP contribution in [0.15, 0.2) is 24.4 Å². The summed E-state index contributed by atoms with van der Waals surface area (Å²) in [6, 6.07) is 7.39. The first-order valence-corrected chi connectivity index (χ1v) is 8.55. The molecule has 0 atom stereocenters. The molecule has 21 heavy (non-hydrogen) atoms. The van der Waals surface area contributed by atoms with Gasteiger partial charge in [0, 0.05) is 35.2 Å². The Morgan fingerprint density at radius 1 is 1.24 bits per heavy atom. The highest BCUT2D eigenvalue weighted by Crippen LogP contribution is 2.28. The van der Waals surface area contributed by atoms with E-state index < -0.39 is 0 Å². The minimum atomic E-state index is 0.453. The molecule has 2 nitrogen and oxygen atoms in total. The lowest BCUT2D eigenvalue weighted by Crippen LogP contribution is -2.30. The molecule has 3 heteroatoms. The standard InChI is InChI=1S/C18H25ClN2/c1-13(2)21-12-14(11-20-16-6-4-3-5-7-16)17-9-8-15(19)10-18(17)21/h8-10,12-13,16,20H,3-7,11H2,1-2H3. The van der Waals surface area contributed by atoms with Crippen molar-refractivity contribution in [3.05, 3.63) is 35.0 Å². The van der Waals surface area contributed by atoms with E-state index >= 15 is 0 Å². The minimum Gasteiger partial charge on any atom is -0.345 e. The summed E-state index contributed by atoms with van der Waals surface area (Å²) >= 11 is 6.17. The van der Waals surface area contributed by atoms with E-state index in [0.29, 0.717) is 12.1 Å². The van der Waals surface area contributed by atoms with E-state index in [1.165, 1.54) is 48.6 Å². The number of halogens is 1. The number of hydrogen-bond acceptors (Lipinski definition) is 1. The third-order valence-corrected chi connectivity index (χ3v) is 4.86. The Kier molecular flexibility index (Phi) is 4.56. The van der Waals surface area contributed by atoms with Gasteiger partial charge in [0.15, 0.2) is 0 Å². The largest absolute Gasteiger partial charge is 0.345 e. The van der Waals surface area contributed by atoms with Crippen LogP contribution >= 0.6 is 11.6 Å². The molecule has 1 saturated carbocycles. The van der Waals surface area contributed by atoms with Gasteiger partial charge in [-0.3, -0.25) is 0 Å². The van der Waals surface area contributed by atoms with Crippen molar-refractivity contribution >= 4 is 22.5 Å². The SMILES string of the molecule is CC(C)n1cc(CNC2CCCCC2)c2ccc(Cl)cc21. The predicted molar refractivity (Wildman–Crippen MR) is 91.0 cm³/mol. The summed E-state index contributed by atoms with van der Waals surface area (Å²) in [6.45, 7) is 5.40. The molecule has 3 rings (SSSR count). The van der Waals surface area contributed by atoms with Crippen LogP contribution in [0.3, 0.4) is 0 Å². The molecule has 0 spiro atoms. The molecule has 1 fully saturated rings. The van der Waals surface area contributed by atoms with E-state index in [-0.39, 0.29) is 0 Å². The van der Waals surface area contributed by atoms with Gasteiger partial charge in [-0.25, -0.2) is 0 Å². The lowest BCUT2D eigenvalue weighted by molar-refractivity contribution is 0.372. The number of fused-ring (bicyclic) bond motifs is 1. The van der Waals surface area contributed by atoms with Crippen LogP contribution in [0.25, 0.3) is 10.9 Å². The van der Waals surface area contributed by atoms with E-state index in [2.05, 4.69) is 42.1 Å². The van der Waals surface area contributed by atoms with Crippen molar-refractivity contribution in [1.29, 1.82) is 0 Å². The third kappa shape index (κ3) is 3.27. The molecular formula is C18H25ClN2. The van der Waals surface area contributed by atoms with E-state index in [1.807, 2.05) is 6.07 Å². The zero-order valence-electron chi connectivity index (χ0n) is 13.0. The quantitative estimate of drug-likeness (QED) is 0.811. The second-order valence-corrected chi connectivity index (χ2v) is 6.97. The Bertz CT molecular complexity index is 609. The predicted octanol–water partition coefficient (Wildman–Crippen LogP) is 5.30. The smallest absolute Gasteiger partial charge is 0.0501 e. The highest BCUT2D eigenvalue weighted by atomic mass is 35.5. The molecule has 1 N–H and O–H groups in total. The summed E-state index contributed by atoms with van der Waals surface area (Å²) in [4.78, 5) is 0. The Labute approximate surface area is 132 Å². The summed E-state index contributed by atoms with van der Waals surface area (Å²) in [5, 5.41) is 5.89. The Balaban J connectivity index is 1.84. The van der Waals surface area contributed by atoms with Crippen molar-refractivity contribution in [1.82, 2.24) is 9.88 Å². The minimum absolute atomic E-state index is 0.453. The average molecular weight is 305 g/mol. The lowest BCUT2D eigenvalue weighted by atomic mass is 9.95. The van der Waals surface area contributed by atoms with Crippen LogP contribution in [0, 0.1) is 0 Å². The third-order valence-electron chi connectivity index (χ3n) is 4.62. The molecule has 1 heterocycles. The second-order valence-electron chi connectivity index (χ2n) is 6.53. The zero-order valence-corrected chi connectivity index (χ0v) is 13.8. The normalized spacial score (nSPS) is 17.0. The topological polar surface area (TPSA) is 17.0 Å². The summed E-state index contributed by atoms with van der Waals surface area (Å²) in [7, 11) is 0. The monoisotopic (exact) mass is 304 g/mol. The summed E-state index contributed by atoms with van der Waals surface area (Å²) in [5.41, 5.74) is 2.64. The molecule has 2 aromatic rings. The van der Waals surface area contributed by atoms with Crippen LogP contribution in [0.2, 0.25) is 5.02 Å². The van der Waals surface area contributed by atoms with E-state index in [1.54, 1.807) is 0 Å². The van der Waals surface area contributed by atoms with Crippen LogP contribution < -0.4 is 5.32 Å².